The second kappa shape index (κ2) is 10.5. The third-order valence-electron chi connectivity index (χ3n) is 5.17. The molecular formula is C20H33N3O2. The molecule has 3 rings (SSSR count). The molecule has 2 fully saturated rings. The number of rotatable bonds is 8. The standard InChI is InChI=1S/C20H33N3O2/c1-2-8-17(7-1)23-20(22-14-12-19-11-6-16-25-19)21-13-5-10-18-9-3-4-15-24-18/h6,11,16-18H,1-5,7-10,12-15H2,(H2,21,22,23). The summed E-state index contributed by atoms with van der Waals surface area (Å²) >= 11 is 0. The molecule has 25 heavy (non-hydrogen) atoms. The van der Waals surface area contributed by atoms with Gasteiger partial charge < -0.3 is 19.8 Å². The van der Waals surface area contributed by atoms with Gasteiger partial charge in [-0.25, -0.2) is 0 Å². The van der Waals surface area contributed by atoms with E-state index in [0.29, 0.717) is 12.1 Å². The van der Waals surface area contributed by atoms with E-state index >= 15 is 0 Å². The first kappa shape index (κ1) is 18.3. The van der Waals surface area contributed by atoms with Crippen molar-refractivity contribution in [1.29, 1.82) is 0 Å². The highest BCUT2D eigenvalue weighted by Gasteiger charge is 2.16. The molecule has 5 nitrogen and oxygen atoms in total. The normalized spacial score (nSPS) is 22.2. The molecule has 1 aliphatic carbocycles. The molecule has 140 valence electrons. The van der Waals surface area contributed by atoms with Gasteiger partial charge in [0.25, 0.3) is 0 Å². The third kappa shape index (κ3) is 6.73. The lowest BCUT2D eigenvalue weighted by molar-refractivity contribution is 0.0105. The maximum Gasteiger partial charge on any atom is 0.191 e. The van der Waals surface area contributed by atoms with E-state index in [1.165, 1.54) is 44.9 Å². The molecule has 0 radical (unpaired) electrons. The third-order valence-corrected chi connectivity index (χ3v) is 5.17. The zero-order valence-corrected chi connectivity index (χ0v) is 15.3. The Balaban J connectivity index is 1.40. The molecule has 1 aliphatic heterocycles. The molecule has 0 bridgehead atoms. The molecule has 0 spiro atoms. The van der Waals surface area contributed by atoms with E-state index in [-0.39, 0.29) is 0 Å². The quantitative estimate of drug-likeness (QED) is 0.428. The Kier molecular flexibility index (Phi) is 7.68. The fourth-order valence-corrected chi connectivity index (χ4v) is 3.72. The molecule has 2 aliphatic rings. The molecule has 5 heteroatoms. The van der Waals surface area contributed by atoms with E-state index in [1.807, 2.05) is 12.1 Å². The summed E-state index contributed by atoms with van der Waals surface area (Å²) in [5.41, 5.74) is 0. The predicted octanol–water partition coefficient (Wildman–Crippen LogP) is 3.65. The fraction of sp³-hybridized carbons (Fsp3) is 0.750. The lowest BCUT2D eigenvalue weighted by atomic mass is 10.1. The minimum atomic E-state index is 0.460. The van der Waals surface area contributed by atoms with Crippen LogP contribution in [0, 0.1) is 0 Å². The van der Waals surface area contributed by atoms with E-state index in [9.17, 15) is 0 Å². The summed E-state index contributed by atoms with van der Waals surface area (Å²) in [5, 5.41) is 7.08. The van der Waals surface area contributed by atoms with Crippen molar-refractivity contribution in [1.82, 2.24) is 10.6 Å². The number of hydrogen-bond acceptors (Lipinski definition) is 3. The van der Waals surface area contributed by atoms with Gasteiger partial charge in [-0.05, 0) is 57.1 Å². The first-order chi connectivity index (χ1) is 12.4. The van der Waals surface area contributed by atoms with Gasteiger partial charge in [0.1, 0.15) is 5.76 Å². The van der Waals surface area contributed by atoms with Crippen molar-refractivity contribution in [2.24, 2.45) is 4.99 Å². The average Bonchev–Trinajstić information content (AvgIpc) is 3.33. The maximum atomic E-state index is 5.81. The van der Waals surface area contributed by atoms with Crippen molar-refractivity contribution >= 4 is 5.96 Å². The Morgan fingerprint density at radius 2 is 2.04 bits per heavy atom. The topological polar surface area (TPSA) is 58.8 Å². The molecule has 1 saturated carbocycles. The number of guanidine groups is 1. The van der Waals surface area contributed by atoms with Crippen LogP contribution in [0.5, 0.6) is 0 Å². The number of ether oxygens (including phenoxy) is 1. The highest BCUT2D eigenvalue weighted by molar-refractivity contribution is 5.80. The van der Waals surface area contributed by atoms with Gasteiger partial charge in [-0.3, -0.25) is 4.99 Å². The molecule has 1 unspecified atom stereocenters. The summed E-state index contributed by atoms with van der Waals surface area (Å²) in [7, 11) is 0. The van der Waals surface area contributed by atoms with E-state index in [2.05, 4.69) is 10.6 Å². The van der Waals surface area contributed by atoms with Crippen LogP contribution < -0.4 is 10.6 Å². The molecular weight excluding hydrogens is 314 g/mol. The van der Waals surface area contributed by atoms with Crippen LogP contribution in [0.4, 0.5) is 0 Å². The Labute approximate surface area is 151 Å². The molecule has 1 atom stereocenters. The van der Waals surface area contributed by atoms with E-state index in [0.717, 1.165) is 50.7 Å². The van der Waals surface area contributed by atoms with Crippen LogP contribution >= 0.6 is 0 Å². The zero-order chi connectivity index (χ0) is 17.2. The van der Waals surface area contributed by atoms with Crippen LogP contribution in [0.3, 0.4) is 0 Å². The number of hydrogen-bond donors (Lipinski definition) is 2. The molecule has 2 N–H and O–H groups in total. The Morgan fingerprint density at radius 1 is 1.16 bits per heavy atom. The van der Waals surface area contributed by atoms with E-state index in [4.69, 9.17) is 14.1 Å². The number of nitrogens with one attached hydrogen (secondary N) is 2. The highest BCUT2D eigenvalue weighted by Crippen LogP contribution is 2.18. The molecule has 1 aromatic rings. The van der Waals surface area contributed by atoms with Crippen LogP contribution in [-0.4, -0.2) is 37.8 Å². The van der Waals surface area contributed by atoms with Gasteiger partial charge >= 0.3 is 0 Å². The minimum Gasteiger partial charge on any atom is -0.469 e. The summed E-state index contributed by atoms with van der Waals surface area (Å²) in [4.78, 5) is 4.80. The second-order valence-corrected chi connectivity index (χ2v) is 7.24. The smallest absolute Gasteiger partial charge is 0.191 e. The molecule has 1 aromatic heterocycles. The van der Waals surface area contributed by atoms with Crippen molar-refractivity contribution in [3.8, 4) is 0 Å². The lowest BCUT2D eigenvalue weighted by Crippen LogP contribution is -2.43. The van der Waals surface area contributed by atoms with Crippen molar-refractivity contribution in [3.63, 3.8) is 0 Å². The summed E-state index contributed by atoms with van der Waals surface area (Å²) in [6.07, 6.45) is 14.2. The van der Waals surface area contributed by atoms with Crippen LogP contribution in [0.1, 0.15) is 63.5 Å². The van der Waals surface area contributed by atoms with Crippen molar-refractivity contribution in [3.05, 3.63) is 24.2 Å². The minimum absolute atomic E-state index is 0.460. The number of nitrogens with zero attached hydrogens (tertiary/aromatic N) is 1. The van der Waals surface area contributed by atoms with Crippen LogP contribution in [0.25, 0.3) is 0 Å². The Bertz CT molecular complexity index is 489. The van der Waals surface area contributed by atoms with Gasteiger partial charge in [0.05, 0.1) is 12.4 Å². The summed E-state index contributed by atoms with van der Waals surface area (Å²) in [6, 6.07) is 4.54. The van der Waals surface area contributed by atoms with Crippen LogP contribution in [0.2, 0.25) is 0 Å². The van der Waals surface area contributed by atoms with E-state index < -0.39 is 0 Å². The summed E-state index contributed by atoms with van der Waals surface area (Å²) < 4.78 is 11.2. The lowest BCUT2D eigenvalue weighted by Gasteiger charge is -2.22. The van der Waals surface area contributed by atoms with Crippen molar-refractivity contribution in [2.75, 3.05) is 19.7 Å². The van der Waals surface area contributed by atoms with Crippen LogP contribution in [-0.2, 0) is 11.2 Å². The first-order valence-electron chi connectivity index (χ1n) is 10.1. The molecule has 0 aromatic carbocycles. The molecule has 2 heterocycles. The highest BCUT2D eigenvalue weighted by atomic mass is 16.5. The summed E-state index contributed by atoms with van der Waals surface area (Å²) in [6.45, 7) is 2.65. The van der Waals surface area contributed by atoms with Crippen molar-refractivity contribution < 1.29 is 9.15 Å². The van der Waals surface area contributed by atoms with Gasteiger partial charge in [-0.15, -0.1) is 0 Å². The first-order valence-corrected chi connectivity index (χ1v) is 10.1. The Hall–Kier alpha value is -1.49. The number of aliphatic imine (C=N–C) groups is 1. The van der Waals surface area contributed by atoms with Gasteiger partial charge in [-0.2, -0.15) is 0 Å². The zero-order valence-electron chi connectivity index (χ0n) is 15.3. The SMILES string of the molecule is c1coc(CCNC(=NCCCC2CCCCO2)NC2CCCC2)c1. The maximum absolute atomic E-state index is 5.81. The second-order valence-electron chi connectivity index (χ2n) is 7.24. The summed E-state index contributed by atoms with van der Waals surface area (Å²) in [5.74, 6) is 1.98. The Morgan fingerprint density at radius 3 is 2.80 bits per heavy atom. The van der Waals surface area contributed by atoms with Crippen molar-refractivity contribution in [2.45, 2.75) is 76.4 Å². The van der Waals surface area contributed by atoms with Gasteiger partial charge in [0.2, 0.25) is 0 Å². The fourth-order valence-electron chi connectivity index (χ4n) is 3.72. The molecule has 1 saturated heterocycles. The van der Waals surface area contributed by atoms with Gasteiger partial charge in [0.15, 0.2) is 5.96 Å². The largest absolute Gasteiger partial charge is 0.469 e. The monoisotopic (exact) mass is 347 g/mol. The predicted molar refractivity (Wildman–Crippen MR) is 101 cm³/mol. The van der Waals surface area contributed by atoms with E-state index in [1.54, 1.807) is 6.26 Å². The molecule has 0 amide bonds. The average molecular weight is 348 g/mol. The van der Waals surface area contributed by atoms with Gasteiger partial charge in [-0.1, -0.05) is 12.8 Å². The van der Waals surface area contributed by atoms with Gasteiger partial charge in [0, 0.05) is 32.2 Å². The number of furan rings is 1. The van der Waals surface area contributed by atoms with Crippen LogP contribution in [0.15, 0.2) is 27.8 Å².